The summed E-state index contributed by atoms with van der Waals surface area (Å²) in [4.78, 5) is 25.7. The molecular weight excluding hydrogens is 996 g/mol. The van der Waals surface area contributed by atoms with Crippen molar-refractivity contribution in [3.63, 3.8) is 0 Å². The Kier molecular flexibility index (Phi) is 59.8. The molecule has 0 aliphatic carbocycles. The highest BCUT2D eigenvalue weighted by Crippen LogP contribution is 2.38. The number of carbonyl (C=O) groups excluding carboxylic acids is 1. The number of likely N-dealkylation sites (N-methyl/N-ethyl adjacent to an activating group) is 1. The van der Waals surface area contributed by atoms with E-state index in [1.807, 2.05) is 21.1 Å². The Balaban J connectivity index is 4.02. The third-order valence-electron chi connectivity index (χ3n) is 15.8. The molecule has 0 saturated carbocycles. The maximum Gasteiger partial charge on any atom is 0.268 e. The van der Waals surface area contributed by atoms with Gasteiger partial charge in [-0.25, -0.2) is 0 Å². The zero-order valence-electron chi connectivity index (χ0n) is 53.3. The lowest BCUT2D eigenvalue weighted by Crippen LogP contribution is -2.46. The zero-order chi connectivity index (χ0) is 57.7. The number of aliphatic hydroxyl groups is 1. The number of phosphoric ester groups is 1. The Morgan fingerprint density at radius 3 is 1.13 bits per heavy atom. The molecule has 9 heteroatoms. The molecule has 3 unspecified atom stereocenters. The summed E-state index contributed by atoms with van der Waals surface area (Å²) in [5, 5.41) is 14.1. The average molecular weight is 1130 g/mol. The molecule has 0 spiro atoms. The first-order valence-electron chi connectivity index (χ1n) is 34.5. The van der Waals surface area contributed by atoms with Crippen molar-refractivity contribution in [3.8, 4) is 0 Å². The van der Waals surface area contributed by atoms with Crippen molar-refractivity contribution in [2.45, 2.75) is 353 Å². The quantitative estimate of drug-likeness (QED) is 0.0272. The van der Waals surface area contributed by atoms with Crippen LogP contribution in [0, 0.1) is 0 Å². The molecule has 1 amide bonds. The van der Waals surface area contributed by atoms with Gasteiger partial charge in [0.25, 0.3) is 7.82 Å². The van der Waals surface area contributed by atoms with E-state index in [0.717, 1.165) is 64.2 Å². The van der Waals surface area contributed by atoms with Crippen LogP contribution in [0.15, 0.2) is 48.6 Å². The molecule has 0 aromatic rings. The summed E-state index contributed by atoms with van der Waals surface area (Å²) in [5.74, 6) is -0.163. The lowest BCUT2D eigenvalue weighted by atomic mass is 10.0. The number of quaternary nitrogens is 1. The molecule has 0 rings (SSSR count). The first kappa shape index (κ1) is 77.5. The number of nitrogens with one attached hydrogen (secondary N) is 1. The van der Waals surface area contributed by atoms with Crippen molar-refractivity contribution in [2.75, 3.05) is 40.9 Å². The molecule has 0 aliphatic rings. The third kappa shape index (κ3) is 63.9. The molecule has 466 valence electrons. The van der Waals surface area contributed by atoms with Crippen LogP contribution >= 0.6 is 7.82 Å². The predicted octanol–water partition coefficient (Wildman–Crippen LogP) is 21.2. The zero-order valence-corrected chi connectivity index (χ0v) is 54.2. The van der Waals surface area contributed by atoms with E-state index in [4.69, 9.17) is 9.05 Å². The van der Waals surface area contributed by atoms with E-state index >= 15 is 0 Å². The van der Waals surface area contributed by atoms with Gasteiger partial charge in [0, 0.05) is 6.42 Å². The van der Waals surface area contributed by atoms with Crippen molar-refractivity contribution in [2.24, 2.45) is 0 Å². The summed E-state index contributed by atoms with van der Waals surface area (Å²) in [7, 11) is 1.31. The van der Waals surface area contributed by atoms with Crippen LogP contribution in [0.4, 0.5) is 0 Å². The fourth-order valence-electron chi connectivity index (χ4n) is 10.5. The molecule has 3 atom stereocenters. The number of phosphoric acid groups is 1. The summed E-state index contributed by atoms with van der Waals surface area (Å²) in [5.41, 5.74) is 0. The Bertz CT molecular complexity index is 1430. The van der Waals surface area contributed by atoms with Crippen LogP contribution in [0.3, 0.4) is 0 Å². The van der Waals surface area contributed by atoms with E-state index in [2.05, 4.69) is 67.8 Å². The van der Waals surface area contributed by atoms with Gasteiger partial charge >= 0.3 is 0 Å². The van der Waals surface area contributed by atoms with E-state index in [1.165, 1.54) is 250 Å². The van der Waals surface area contributed by atoms with Crippen molar-refractivity contribution in [1.29, 1.82) is 0 Å². The summed E-state index contributed by atoms with van der Waals surface area (Å²) < 4.78 is 23.5. The Hall–Kier alpha value is -1.54. The highest BCUT2D eigenvalue weighted by atomic mass is 31.2. The fourth-order valence-corrected chi connectivity index (χ4v) is 11.2. The lowest BCUT2D eigenvalue weighted by Gasteiger charge is -2.30. The van der Waals surface area contributed by atoms with Gasteiger partial charge in [0.1, 0.15) is 13.2 Å². The smallest absolute Gasteiger partial charge is 0.268 e. The van der Waals surface area contributed by atoms with E-state index in [0.29, 0.717) is 23.9 Å². The molecule has 0 saturated heterocycles. The first-order chi connectivity index (χ1) is 38.5. The fraction of sp³-hybridized carbons (Fsp3) is 0.871. The van der Waals surface area contributed by atoms with Gasteiger partial charge in [0.15, 0.2) is 0 Å². The number of hydrogen-bond donors (Lipinski definition) is 2. The summed E-state index contributed by atoms with van der Waals surface area (Å²) in [6, 6.07) is -0.805. The van der Waals surface area contributed by atoms with Gasteiger partial charge in [-0.15, -0.1) is 0 Å². The van der Waals surface area contributed by atoms with Crippen LogP contribution in [-0.4, -0.2) is 68.5 Å². The van der Waals surface area contributed by atoms with Crippen molar-refractivity contribution >= 4 is 13.7 Å². The summed E-state index contributed by atoms with van der Waals surface area (Å²) >= 11 is 0. The third-order valence-corrected chi connectivity index (χ3v) is 16.8. The van der Waals surface area contributed by atoms with Crippen LogP contribution in [0.5, 0.6) is 0 Å². The standard InChI is InChI=1S/C70H135N2O6P/c1-6-8-10-12-14-16-18-20-22-24-26-28-30-32-33-34-35-36-37-38-40-41-43-45-47-49-51-53-55-57-59-61-63-69(73)68(67-78-79(75,76)77-66-65-72(3,4)5)71-70(74)64-62-60-58-56-54-52-50-48-46-44-42-39-31-29-27-25-23-21-19-17-15-13-11-9-7-2/h9,11,15,17,21,23,27,29,68-69,73H,6-8,10,12-14,16,18-20,22,24-26,28,30-67H2,1-5H3,(H-,71,74,75,76)/b11-9-,17-15-,23-21-,29-27-. The molecule has 0 radical (unpaired) electrons. The Labute approximate surface area is 492 Å². The predicted molar refractivity (Wildman–Crippen MR) is 344 cm³/mol. The largest absolute Gasteiger partial charge is 0.756 e. The van der Waals surface area contributed by atoms with Crippen LogP contribution < -0.4 is 10.2 Å². The van der Waals surface area contributed by atoms with Crippen LogP contribution in [0.25, 0.3) is 0 Å². The second-order valence-corrected chi connectivity index (χ2v) is 26.3. The molecule has 0 fully saturated rings. The van der Waals surface area contributed by atoms with E-state index < -0.39 is 20.0 Å². The highest BCUT2D eigenvalue weighted by molar-refractivity contribution is 7.45. The second kappa shape index (κ2) is 61.0. The number of rotatable bonds is 64. The molecule has 0 heterocycles. The minimum Gasteiger partial charge on any atom is -0.756 e. The highest BCUT2D eigenvalue weighted by Gasteiger charge is 2.24. The maximum atomic E-state index is 13.0. The Morgan fingerprint density at radius 1 is 0.456 bits per heavy atom. The van der Waals surface area contributed by atoms with Crippen molar-refractivity contribution < 1.29 is 32.9 Å². The molecule has 0 aliphatic heterocycles. The molecular formula is C70H135N2O6P. The van der Waals surface area contributed by atoms with Gasteiger partial charge in [0.05, 0.1) is 39.9 Å². The Morgan fingerprint density at radius 2 is 0.772 bits per heavy atom. The number of carbonyl (C=O) groups is 1. The number of allylic oxidation sites excluding steroid dienone is 8. The van der Waals surface area contributed by atoms with E-state index in [9.17, 15) is 19.4 Å². The molecule has 79 heavy (non-hydrogen) atoms. The summed E-state index contributed by atoms with van der Waals surface area (Å²) in [6.45, 7) is 4.66. The topological polar surface area (TPSA) is 108 Å². The molecule has 2 N–H and O–H groups in total. The maximum absolute atomic E-state index is 13.0. The molecule has 8 nitrogen and oxygen atoms in total. The SMILES string of the molecule is CC/C=C\C/C=C\C/C=C\C/C=C\CCCCCCCCCCCCCCC(=O)NC(COP(=O)([O-])OCC[N+](C)(C)C)C(O)CCCCCCCCCCCCCCCCCCCCCCCCCCCCCCCCCC. The number of hydrogen-bond acceptors (Lipinski definition) is 6. The van der Waals surface area contributed by atoms with E-state index in [1.54, 1.807) is 0 Å². The van der Waals surface area contributed by atoms with Crippen LogP contribution in [0.2, 0.25) is 0 Å². The van der Waals surface area contributed by atoms with Gasteiger partial charge < -0.3 is 28.8 Å². The minimum absolute atomic E-state index is 0.0117. The summed E-state index contributed by atoms with van der Waals surface area (Å²) in [6.07, 6.45) is 81.9. The second-order valence-electron chi connectivity index (χ2n) is 24.9. The molecule has 0 aromatic heterocycles. The lowest BCUT2D eigenvalue weighted by molar-refractivity contribution is -0.870. The van der Waals surface area contributed by atoms with E-state index in [-0.39, 0.29) is 19.1 Å². The van der Waals surface area contributed by atoms with Gasteiger partial charge in [0.2, 0.25) is 5.91 Å². The number of unbranched alkanes of at least 4 members (excludes halogenated alkanes) is 43. The van der Waals surface area contributed by atoms with Crippen molar-refractivity contribution in [3.05, 3.63) is 48.6 Å². The number of aliphatic hydroxyl groups excluding tert-OH is 1. The van der Waals surface area contributed by atoms with Crippen molar-refractivity contribution in [1.82, 2.24) is 5.32 Å². The molecule has 0 aromatic carbocycles. The van der Waals surface area contributed by atoms with Gasteiger partial charge in [-0.05, 0) is 51.4 Å². The van der Waals surface area contributed by atoms with Gasteiger partial charge in [-0.3, -0.25) is 9.36 Å². The first-order valence-corrected chi connectivity index (χ1v) is 35.9. The normalized spacial score (nSPS) is 14.0. The average Bonchev–Trinajstić information content (AvgIpc) is 3.42. The number of nitrogens with zero attached hydrogens (tertiary/aromatic N) is 1. The van der Waals surface area contributed by atoms with Gasteiger partial charge in [-0.2, -0.15) is 0 Å². The van der Waals surface area contributed by atoms with Crippen LogP contribution in [0.1, 0.15) is 341 Å². The molecule has 0 bridgehead atoms. The number of amides is 1. The van der Waals surface area contributed by atoms with Crippen LogP contribution in [-0.2, 0) is 18.4 Å². The van der Waals surface area contributed by atoms with Gasteiger partial charge in [-0.1, -0.05) is 332 Å². The minimum atomic E-state index is -4.58. The monoisotopic (exact) mass is 1130 g/mol.